The standard InChI is InChI=1S/C21H20BrFN6O2/c1-10(9-30)21(31)27-11(2)18-17(22)19(24)29-20(28-18)15(8-26-29)13-5-12-6-14(23)3-4-16(12)25-7-13/h3-8,10-11,30H,9,24H2,1-2H3,(H,27,31)/t10-,11?/m1/s1. The monoisotopic (exact) mass is 486 g/mol. The number of aliphatic hydroxyl groups is 1. The minimum atomic E-state index is -0.545. The number of halogens is 2. The molecule has 3 heterocycles. The van der Waals surface area contributed by atoms with Gasteiger partial charge < -0.3 is 16.2 Å². The average molecular weight is 487 g/mol. The second-order valence-electron chi connectivity index (χ2n) is 7.36. The van der Waals surface area contributed by atoms with E-state index in [1.165, 1.54) is 16.6 Å². The average Bonchev–Trinajstić information content (AvgIpc) is 3.19. The van der Waals surface area contributed by atoms with Gasteiger partial charge >= 0.3 is 0 Å². The van der Waals surface area contributed by atoms with Crippen molar-refractivity contribution in [2.45, 2.75) is 19.9 Å². The molecule has 3 aromatic heterocycles. The molecule has 1 aromatic carbocycles. The Balaban J connectivity index is 1.81. The zero-order valence-electron chi connectivity index (χ0n) is 16.8. The number of nitrogens with two attached hydrogens (primary N) is 1. The van der Waals surface area contributed by atoms with Gasteiger partial charge in [0.2, 0.25) is 5.91 Å². The fourth-order valence-corrected chi connectivity index (χ4v) is 3.86. The first-order valence-corrected chi connectivity index (χ1v) is 10.4. The second kappa shape index (κ2) is 8.20. The highest BCUT2D eigenvalue weighted by molar-refractivity contribution is 9.10. The number of hydrogen-bond acceptors (Lipinski definition) is 6. The van der Waals surface area contributed by atoms with Crippen LogP contribution in [0.2, 0.25) is 0 Å². The topological polar surface area (TPSA) is 118 Å². The maximum absolute atomic E-state index is 13.7. The third-order valence-electron chi connectivity index (χ3n) is 5.09. The second-order valence-corrected chi connectivity index (χ2v) is 8.16. The first-order valence-electron chi connectivity index (χ1n) is 9.59. The van der Waals surface area contributed by atoms with E-state index in [0.717, 1.165) is 0 Å². The number of pyridine rings is 1. The molecule has 8 nitrogen and oxygen atoms in total. The number of benzene rings is 1. The van der Waals surface area contributed by atoms with Gasteiger partial charge in [-0.15, -0.1) is 0 Å². The summed E-state index contributed by atoms with van der Waals surface area (Å²) >= 11 is 3.45. The molecule has 0 aliphatic heterocycles. The highest BCUT2D eigenvalue weighted by Gasteiger charge is 2.22. The van der Waals surface area contributed by atoms with Gasteiger partial charge in [-0.2, -0.15) is 9.61 Å². The molecule has 0 bridgehead atoms. The number of anilines is 1. The molecule has 4 aromatic rings. The van der Waals surface area contributed by atoms with Crippen molar-refractivity contribution in [3.8, 4) is 11.1 Å². The third-order valence-corrected chi connectivity index (χ3v) is 5.91. The molecule has 0 spiro atoms. The van der Waals surface area contributed by atoms with E-state index in [1.54, 1.807) is 32.3 Å². The Morgan fingerprint density at radius 1 is 1.32 bits per heavy atom. The molecule has 0 saturated heterocycles. The van der Waals surface area contributed by atoms with Crippen LogP contribution in [0.4, 0.5) is 10.2 Å². The van der Waals surface area contributed by atoms with Gasteiger partial charge in [0.05, 0.1) is 40.4 Å². The maximum atomic E-state index is 13.7. The summed E-state index contributed by atoms with van der Waals surface area (Å²) in [7, 11) is 0. The molecule has 0 saturated carbocycles. The number of nitrogen functional groups attached to an aromatic ring is 1. The molecular formula is C21H20BrFN6O2. The fraction of sp³-hybridized carbons (Fsp3) is 0.238. The van der Waals surface area contributed by atoms with Gasteiger partial charge in [-0.05, 0) is 47.1 Å². The number of amides is 1. The van der Waals surface area contributed by atoms with Gasteiger partial charge in [0.25, 0.3) is 0 Å². The Hall–Kier alpha value is -3.11. The Morgan fingerprint density at radius 2 is 2.10 bits per heavy atom. The minimum Gasteiger partial charge on any atom is -0.396 e. The van der Waals surface area contributed by atoms with Gasteiger partial charge in [0.1, 0.15) is 11.6 Å². The van der Waals surface area contributed by atoms with Crippen molar-refractivity contribution >= 4 is 44.2 Å². The molecule has 0 aliphatic rings. The Morgan fingerprint density at radius 3 is 2.84 bits per heavy atom. The van der Waals surface area contributed by atoms with E-state index in [-0.39, 0.29) is 18.3 Å². The van der Waals surface area contributed by atoms with Crippen LogP contribution in [0.25, 0.3) is 27.7 Å². The SMILES string of the molecule is CC(NC(=O)[C@H](C)CO)c1nc2c(-c3cnc4ccc(F)cc4c3)cnn2c(N)c1Br. The summed E-state index contributed by atoms with van der Waals surface area (Å²) in [5.74, 6) is -0.863. The van der Waals surface area contributed by atoms with Crippen LogP contribution in [0, 0.1) is 11.7 Å². The molecule has 1 amide bonds. The lowest BCUT2D eigenvalue weighted by Gasteiger charge is -2.18. The van der Waals surface area contributed by atoms with Crippen LogP contribution in [0.1, 0.15) is 25.6 Å². The van der Waals surface area contributed by atoms with Crippen molar-refractivity contribution in [1.29, 1.82) is 0 Å². The molecule has 31 heavy (non-hydrogen) atoms. The normalized spacial score (nSPS) is 13.5. The van der Waals surface area contributed by atoms with Crippen LogP contribution in [0.15, 0.2) is 41.1 Å². The molecule has 4 rings (SSSR count). The number of nitrogens with one attached hydrogen (secondary N) is 1. The predicted molar refractivity (Wildman–Crippen MR) is 119 cm³/mol. The first kappa shape index (κ1) is 21.1. The van der Waals surface area contributed by atoms with Gasteiger partial charge in [-0.1, -0.05) is 6.92 Å². The smallest absolute Gasteiger partial charge is 0.225 e. The molecule has 0 aliphatic carbocycles. The van der Waals surface area contributed by atoms with Crippen molar-refractivity contribution in [3.63, 3.8) is 0 Å². The highest BCUT2D eigenvalue weighted by Crippen LogP contribution is 2.33. The number of carbonyl (C=O) groups excluding carboxylic acids is 1. The summed E-state index contributed by atoms with van der Waals surface area (Å²) in [6, 6.07) is 5.74. The van der Waals surface area contributed by atoms with Gasteiger partial charge in [-0.25, -0.2) is 9.37 Å². The van der Waals surface area contributed by atoms with E-state index in [4.69, 9.17) is 10.7 Å². The number of fused-ring (bicyclic) bond motifs is 2. The van der Waals surface area contributed by atoms with Crippen LogP contribution >= 0.6 is 15.9 Å². The Labute approximate surface area is 185 Å². The Kier molecular flexibility index (Phi) is 5.59. The van der Waals surface area contributed by atoms with E-state index < -0.39 is 12.0 Å². The minimum absolute atomic E-state index is 0.253. The van der Waals surface area contributed by atoms with Gasteiger partial charge in [0.15, 0.2) is 5.65 Å². The van der Waals surface area contributed by atoms with Crippen molar-refractivity contribution in [1.82, 2.24) is 24.9 Å². The maximum Gasteiger partial charge on any atom is 0.225 e. The van der Waals surface area contributed by atoms with Crippen molar-refractivity contribution in [2.24, 2.45) is 5.92 Å². The summed E-state index contributed by atoms with van der Waals surface area (Å²) < 4.78 is 15.7. The molecular weight excluding hydrogens is 467 g/mol. The summed E-state index contributed by atoms with van der Waals surface area (Å²) in [6.07, 6.45) is 3.29. The van der Waals surface area contributed by atoms with E-state index in [0.29, 0.717) is 43.7 Å². The number of nitrogens with zero attached hydrogens (tertiary/aromatic N) is 4. The van der Waals surface area contributed by atoms with E-state index >= 15 is 0 Å². The van der Waals surface area contributed by atoms with Gasteiger partial charge in [-0.3, -0.25) is 9.78 Å². The zero-order valence-corrected chi connectivity index (χ0v) is 18.4. The number of aliphatic hydroxyl groups excluding tert-OH is 1. The lowest BCUT2D eigenvalue weighted by molar-refractivity contribution is -0.126. The molecule has 2 atom stereocenters. The summed E-state index contributed by atoms with van der Waals surface area (Å²) in [4.78, 5) is 21.3. The largest absolute Gasteiger partial charge is 0.396 e. The number of carbonyl (C=O) groups is 1. The fourth-order valence-electron chi connectivity index (χ4n) is 3.26. The van der Waals surface area contributed by atoms with Crippen molar-refractivity contribution < 1.29 is 14.3 Å². The van der Waals surface area contributed by atoms with Crippen LogP contribution in [-0.2, 0) is 4.79 Å². The number of hydrogen-bond donors (Lipinski definition) is 3. The molecule has 0 fully saturated rings. The van der Waals surface area contributed by atoms with E-state index in [1.807, 2.05) is 6.07 Å². The van der Waals surface area contributed by atoms with Crippen molar-refractivity contribution in [2.75, 3.05) is 12.3 Å². The summed E-state index contributed by atoms with van der Waals surface area (Å²) in [5.41, 5.74) is 9.31. The first-order chi connectivity index (χ1) is 14.8. The van der Waals surface area contributed by atoms with Crippen molar-refractivity contribution in [3.05, 3.63) is 52.6 Å². The third kappa shape index (κ3) is 3.84. The molecule has 0 radical (unpaired) electrons. The van der Waals surface area contributed by atoms with Crippen LogP contribution in [-0.4, -0.2) is 37.2 Å². The predicted octanol–water partition coefficient (Wildman–Crippen LogP) is 3.23. The Bertz CT molecular complexity index is 1310. The van der Waals surface area contributed by atoms with Gasteiger partial charge in [0, 0.05) is 22.7 Å². The molecule has 160 valence electrons. The number of rotatable bonds is 5. The summed E-state index contributed by atoms with van der Waals surface area (Å²) in [5, 5.41) is 17.0. The highest BCUT2D eigenvalue weighted by atomic mass is 79.9. The lowest BCUT2D eigenvalue weighted by atomic mass is 10.1. The number of aromatic nitrogens is 4. The molecule has 4 N–H and O–H groups in total. The summed E-state index contributed by atoms with van der Waals surface area (Å²) in [6.45, 7) is 3.16. The zero-order chi connectivity index (χ0) is 22.3. The molecule has 1 unspecified atom stereocenters. The van der Waals surface area contributed by atoms with Crippen LogP contribution in [0.3, 0.4) is 0 Å². The van der Waals surface area contributed by atoms with E-state index in [9.17, 15) is 14.3 Å². The quantitative estimate of drug-likeness (QED) is 0.398. The van der Waals surface area contributed by atoms with E-state index in [2.05, 4.69) is 31.3 Å². The van der Waals surface area contributed by atoms with Crippen LogP contribution < -0.4 is 11.1 Å². The van der Waals surface area contributed by atoms with Crippen LogP contribution in [0.5, 0.6) is 0 Å². The lowest BCUT2D eigenvalue weighted by Crippen LogP contribution is -2.33. The molecule has 10 heteroatoms.